The Morgan fingerprint density at radius 1 is 1.31 bits per heavy atom. The van der Waals surface area contributed by atoms with Crippen molar-refractivity contribution < 1.29 is 23.0 Å². The van der Waals surface area contributed by atoms with E-state index in [1.165, 1.54) is 0 Å². The van der Waals surface area contributed by atoms with Gasteiger partial charge in [-0.05, 0) is 26.3 Å². The number of amides is 1. The number of nitrogens with one attached hydrogen (secondary N) is 2. The second-order valence-corrected chi connectivity index (χ2v) is 10.9. The van der Waals surface area contributed by atoms with Crippen LogP contribution in [0.1, 0.15) is 26.7 Å². The second-order valence-electron chi connectivity index (χ2n) is 10.9. The molecule has 0 spiro atoms. The number of hydrogen-bond acceptors (Lipinski definition) is 7. The van der Waals surface area contributed by atoms with Crippen LogP contribution in [-0.2, 0) is 9.53 Å². The van der Waals surface area contributed by atoms with E-state index in [0.29, 0.717) is 17.6 Å². The van der Waals surface area contributed by atoms with Gasteiger partial charge in [0.1, 0.15) is 13.1 Å². The van der Waals surface area contributed by atoms with Crippen molar-refractivity contribution in [2.24, 2.45) is 17.4 Å². The number of piperazine rings is 1. The predicted octanol–water partition coefficient (Wildman–Crippen LogP) is -1.41. The summed E-state index contributed by atoms with van der Waals surface area (Å²) in [6, 6.07) is 0.237. The summed E-state index contributed by atoms with van der Waals surface area (Å²) in [7, 11) is 3.77. The number of methoxy groups -OCH3 is 1. The standard InChI is InChI=1S/C25H50FN8O2/c1-5-14-34(3)18-19(26)17-32(6-2)25(34)22(23(27)28)24(35)30-20-16-29-8-7-21(20)33-11-9-31(10-12-33)13-15-36-4/h17,19-23,25,29H,5-16,18,27-28H2,1-4H3/q+1/p+1. The Balaban J connectivity index is 1.76. The van der Waals surface area contributed by atoms with Crippen LogP contribution in [0.15, 0.2) is 0 Å². The van der Waals surface area contributed by atoms with Gasteiger partial charge in [0.25, 0.3) is 6.17 Å². The number of carbonyl (C=O) groups is 1. The third-order valence-electron chi connectivity index (χ3n) is 8.32. The number of alkyl halides is 1. The quantitative estimate of drug-likeness (QED) is 0.152. The largest absolute Gasteiger partial charge is 0.383 e. The molecule has 6 atom stereocenters. The highest BCUT2D eigenvalue weighted by Crippen LogP contribution is 2.27. The fraction of sp³-hybridized carbons (Fsp3) is 0.920. The first-order chi connectivity index (χ1) is 17.2. The Morgan fingerprint density at radius 3 is 2.64 bits per heavy atom. The number of halogens is 1. The summed E-state index contributed by atoms with van der Waals surface area (Å²) in [4.78, 5) is 18.9. The second kappa shape index (κ2) is 13.5. The lowest BCUT2D eigenvalue weighted by Crippen LogP contribution is -2.72. The number of nitrogens with two attached hydrogens (primary N) is 2. The Bertz CT molecular complexity index is 733. The third kappa shape index (κ3) is 7.00. The highest BCUT2D eigenvalue weighted by atomic mass is 19.1. The lowest BCUT2D eigenvalue weighted by molar-refractivity contribution is -1.02. The molecule has 3 aliphatic rings. The van der Waals surface area contributed by atoms with Gasteiger partial charge in [-0.15, -0.1) is 0 Å². The molecule has 0 aromatic heterocycles. The van der Waals surface area contributed by atoms with E-state index in [1.807, 2.05) is 18.5 Å². The van der Waals surface area contributed by atoms with Crippen LogP contribution in [0.25, 0.3) is 0 Å². The fourth-order valence-corrected chi connectivity index (χ4v) is 6.58. The maximum Gasteiger partial charge on any atom is 0.294 e. The first kappa shape index (κ1) is 29.3. The van der Waals surface area contributed by atoms with Gasteiger partial charge in [-0.1, -0.05) is 6.92 Å². The first-order valence-corrected chi connectivity index (χ1v) is 13.8. The summed E-state index contributed by atoms with van der Waals surface area (Å²) >= 11 is 0. The van der Waals surface area contributed by atoms with Gasteiger partial charge >= 0.3 is 0 Å². The summed E-state index contributed by atoms with van der Waals surface area (Å²) in [6.07, 6.45) is 1.29. The molecule has 6 N–H and O–H groups in total. The van der Waals surface area contributed by atoms with Crippen molar-refractivity contribution in [2.45, 2.75) is 57.3 Å². The molecule has 3 heterocycles. The van der Waals surface area contributed by atoms with E-state index in [2.05, 4.69) is 27.4 Å². The monoisotopic (exact) mass is 514 g/mol. The zero-order valence-corrected chi connectivity index (χ0v) is 22.9. The molecule has 3 aliphatic heterocycles. The first-order valence-electron chi connectivity index (χ1n) is 13.8. The van der Waals surface area contributed by atoms with Gasteiger partial charge in [-0.2, -0.15) is 4.58 Å². The molecule has 208 valence electrons. The van der Waals surface area contributed by atoms with Gasteiger partial charge < -0.3 is 26.8 Å². The topological polar surface area (TPSA) is 112 Å². The van der Waals surface area contributed by atoms with E-state index in [1.54, 1.807) is 13.3 Å². The molecule has 0 aromatic carbocycles. The summed E-state index contributed by atoms with van der Waals surface area (Å²) < 4.78 is 22.3. The Morgan fingerprint density at radius 2 is 2.03 bits per heavy atom. The van der Waals surface area contributed by atoms with Crippen molar-refractivity contribution in [2.75, 3.05) is 86.2 Å². The summed E-state index contributed by atoms with van der Waals surface area (Å²) in [5, 5.41) is 6.80. The van der Waals surface area contributed by atoms with E-state index < -0.39 is 18.3 Å². The van der Waals surface area contributed by atoms with Gasteiger partial charge in [-0.25, -0.2) is 4.39 Å². The lowest BCUT2D eigenvalue weighted by Gasteiger charge is -2.46. The minimum absolute atomic E-state index is 0.0282. The highest BCUT2D eigenvalue weighted by molar-refractivity contribution is 5.80. The average molecular weight is 515 g/mol. The molecule has 2 fully saturated rings. The van der Waals surface area contributed by atoms with Crippen molar-refractivity contribution in [1.29, 1.82) is 0 Å². The van der Waals surface area contributed by atoms with Gasteiger partial charge in [-0.3, -0.25) is 19.1 Å². The lowest BCUT2D eigenvalue weighted by atomic mass is 9.93. The summed E-state index contributed by atoms with van der Waals surface area (Å²) in [5.41, 5.74) is 12.6. The highest BCUT2D eigenvalue weighted by Gasteiger charge is 2.55. The SMILES string of the molecule is CCC[N+]1(C)CC(F)C=[N+](CC)C1C(C(=O)NC1CNCCC1N1CCN(CCOC)CC1)C(N)N. The number of rotatable bonds is 11. The van der Waals surface area contributed by atoms with Crippen LogP contribution in [0.3, 0.4) is 0 Å². The number of ether oxygens (including phenoxy) is 1. The van der Waals surface area contributed by atoms with Crippen LogP contribution in [0.2, 0.25) is 0 Å². The molecular formula is C25H51FN8O2+2. The van der Waals surface area contributed by atoms with Crippen molar-refractivity contribution in [1.82, 2.24) is 20.4 Å². The molecule has 0 aromatic rings. The van der Waals surface area contributed by atoms with Crippen LogP contribution >= 0.6 is 0 Å². The molecule has 0 bridgehead atoms. The van der Waals surface area contributed by atoms with Crippen molar-refractivity contribution in [3.05, 3.63) is 0 Å². The van der Waals surface area contributed by atoms with Crippen LogP contribution in [0.4, 0.5) is 4.39 Å². The third-order valence-corrected chi connectivity index (χ3v) is 8.32. The van der Waals surface area contributed by atoms with Gasteiger partial charge in [0.05, 0.1) is 32.4 Å². The predicted molar refractivity (Wildman–Crippen MR) is 141 cm³/mol. The number of quaternary nitrogens is 1. The van der Waals surface area contributed by atoms with Crippen LogP contribution in [0, 0.1) is 5.92 Å². The molecule has 2 saturated heterocycles. The number of hydrogen-bond donors (Lipinski definition) is 4. The fourth-order valence-electron chi connectivity index (χ4n) is 6.58. The Kier molecular flexibility index (Phi) is 11.0. The van der Waals surface area contributed by atoms with Crippen molar-refractivity contribution in [3.8, 4) is 0 Å². The maximum atomic E-state index is 14.7. The number of piperidine rings is 1. The summed E-state index contributed by atoms with van der Waals surface area (Å²) in [5.74, 6) is -0.782. The van der Waals surface area contributed by atoms with Crippen LogP contribution in [-0.4, -0.2) is 148 Å². The van der Waals surface area contributed by atoms with E-state index in [4.69, 9.17) is 16.2 Å². The summed E-state index contributed by atoms with van der Waals surface area (Å²) in [6.45, 7) is 13.1. The van der Waals surface area contributed by atoms with Gasteiger partial charge in [0.15, 0.2) is 12.1 Å². The normalized spacial score (nSPS) is 33.4. The molecule has 1 amide bonds. The molecule has 36 heavy (non-hydrogen) atoms. The molecule has 6 unspecified atom stereocenters. The zero-order chi connectivity index (χ0) is 26.3. The molecular weight excluding hydrogens is 463 g/mol. The molecule has 10 nitrogen and oxygen atoms in total. The number of nitrogens with zero attached hydrogens (tertiary/aromatic N) is 4. The van der Waals surface area contributed by atoms with E-state index >= 15 is 0 Å². The average Bonchev–Trinajstić information content (AvgIpc) is 2.84. The van der Waals surface area contributed by atoms with E-state index in [9.17, 15) is 9.18 Å². The van der Waals surface area contributed by atoms with Gasteiger partial charge in [0, 0.05) is 52.4 Å². The zero-order valence-electron chi connectivity index (χ0n) is 22.9. The van der Waals surface area contributed by atoms with Crippen LogP contribution in [0.5, 0.6) is 0 Å². The maximum absolute atomic E-state index is 14.7. The number of carbonyl (C=O) groups excluding carboxylic acids is 1. The van der Waals surface area contributed by atoms with Crippen molar-refractivity contribution in [3.63, 3.8) is 0 Å². The van der Waals surface area contributed by atoms with Gasteiger partial charge in [0.2, 0.25) is 12.1 Å². The minimum atomic E-state index is -1.05. The minimum Gasteiger partial charge on any atom is -0.383 e. The van der Waals surface area contributed by atoms with E-state index in [0.717, 1.165) is 71.8 Å². The van der Waals surface area contributed by atoms with E-state index in [-0.39, 0.29) is 24.2 Å². The Labute approximate surface area is 216 Å². The Hall–Kier alpha value is -1.21. The molecule has 11 heteroatoms. The molecule has 0 saturated carbocycles. The molecule has 0 aliphatic carbocycles. The van der Waals surface area contributed by atoms with Crippen molar-refractivity contribution >= 4 is 12.1 Å². The van der Waals surface area contributed by atoms with Crippen LogP contribution < -0.4 is 22.1 Å². The smallest absolute Gasteiger partial charge is 0.294 e. The molecule has 3 rings (SSSR count). The molecule has 0 radical (unpaired) electrons.